The second-order valence-electron chi connectivity index (χ2n) is 5.36. The third kappa shape index (κ3) is 5.53. The van der Waals surface area contributed by atoms with Crippen LogP contribution in [0, 0.1) is 0 Å². The van der Waals surface area contributed by atoms with Gasteiger partial charge >= 0.3 is 0 Å². The molecule has 2 N–H and O–H groups in total. The van der Waals surface area contributed by atoms with Crippen molar-refractivity contribution in [3.63, 3.8) is 0 Å². The standard InChI is InChI=1S/C13H30N2/c1-6-7-8-9-10-11-12(14)13(2,3)15(4)5/h12H,6-11,14H2,1-5H3. The SMILES string of the molecule is CCCCCCCC(N)C(C)(C)N(C)C. The molecule has 0 amide bonds. The molecule has 0 saturated carbocycles. The van der Waals surface area contributed by atoms with Gasteiger partial charge in [-0.15, -0.1) is 0 Å². The molecule has 92 valence electrons. The molecule has 0 aromatic rings. The molecule has 0 bridgehead atoms. The first kappa shape index (κ1) is 14.9. The van der Waals surface area contributed by atoms with Crippen molar-refractivity contribution >= 4 is 0 Å². The van der Waals surface area contributed by atoms with Crippen LogP contribution in [-0.4, -0.2) is 30.6 Å². The molecule has 0 fully saturated rings. The van der Waals surface area contributed by atoms with E-state index < -0.39 is 0 Å². The van der Waals surface area contributed by atoms with Crippen molar-refractivity contribution in [2.24, 2.45) is 5.73 Å². The van der Waals surface area contributed by atoms with E-state index in [1.165, 1.54) is 32.1 Å². The number of rotatable bonds is 8. The molecule has 0 aliphatic carbocycles. The van der Waals surface area contributed by atoms with E-state index >= 15 is 0 Å². The van der Waals surface area contributed by atoms with Gasteiger partial charge in [0.15, 0.2) is 0 Å². The van der Waals surface area contributed by atoms with Gasteiger partial charge in [-0.3, -0.25) is 0 Å². The number of likely N-dealkylation sites (N-methyl/N-ethyl adjacent to an activating group) is 1. The summed E-state index contributed by atoms with van der Waals surface area (Å²) < 4.78 is 0. The van der Waals surface area contributed by atoms with Crippen LogP contribution >= 0.6 is 0 Å². The maximum Gasteiger partial charge on any atom is 0.0298 e. The van der Waals surface area contributed by atoms with Gasteiger partial charge in [0.1, 0.15) is 0 Å². The molecule has 0 aliphatic heterocycles. The summed E-state index contributed by atoms with van der Waals surface area (Å²) in [5.41, 5.74) is 6.34. The maximum absolute atomic E-state index is 6.23. The Labute approximate surface area is 96.2 Å². The Kier molecular flexibility index (Phi) is 7.20. The lowest BCUT2D eigenvalue weighted by Gasteiger charge is -2.38. The molecule has 1 atom stereocenters. The van der Waals surface area contributed by atoms with Crippen LogP contribution in [0.4, 0.5) is 0 Å². The molecule has 1 unspecified atom stereocenters. The lowest BCUT2D eigenvalue weighted by atomic mass is 9.89. The van der Waals surface area contributed by atoms with Crippen molar-refractivity contribution in [1.82, 2.24) is 4.90 Å². The topological polar surface area (TPSA) is 29.3 Å². The fraction of sp³-hybridized carbons (Fsp3) is 1.00. The zero-order chi connectivity index (χ0) is 11.9. The first-order chi connectivity index (χ1) is 6.92. The van der Waals surface area contributed by atoms with Crippen molar-refractivity contribution in [3.8, 4) is 0 Å². The summed E-state index contributed by atoms with van der Waals surface area (Å²) in [6.07, 6.45) is 7.81. The quantitative estimate of drug-likeness (QED) is 0.629. The van der Waals surface area contributed by atoms with Gasteiger partial charge in [0.05, 0.1) is 0 Å². The Bertz CT molecular complexity index is 153. The fourth-order valence-electron chi connectivity index (χ4n) is 1.65. The van der Waals surface area contributed by atoms with Crippen LogP contribution in [0.3, 0.4) is 0 Å². The third-order valence-corrected chi connectivity index (χ3v) is 3.68. The summed E-state index contributed by atoms with van der Waals surface area (Å²) in [4.78, 5) is 2.23. The van der Waals surface area contributed by atoms with Gasteiger partial charge in [-0.2, -0.15) is 0 Å². The molecule has 0 aromatic carbocycles. The van der Waals surface area contributed by atoms with Gasteiger partial charge in [0.2, 0.25) is 0 Å². The van der Waals surface area contributed by atoms with Gasteiger partial charge in [-0.1, -0.05) is 39.0 Å². The Morgan fingerprint density at radius 1 is 1.07 bits per heavy atom. The van der Waals surface area contributed by atoms with Crippen molar-refractivity contribution in [2.75, 3.05) is 14.1 Å². The zero-order valence-corrected chi connectivity index (χ0v) is 11.3. The number of hydrogen-bond acceptors (Lipinski definition) is 2. The Hall–Kier alpha value is -0.0800. The summed E-state index contributed by atoms with van der Waals surface area (Å²) in [5, 5.41) is 0. The van der Waals surface area contributed by atoms with E-state index in [9.17, 15) is 0 Å². The van der Waals surface area contributed by atoms with E-state index in [2.05, 4.69) is 39.8 Å². The zero-order valence-electron chi connectivity index (χ0n) is 11.3. The van der Waals surface area contributed by atoms with Gasteiger partial charge in [-0.05, 0) is 34.4 Å². The highest BCUT2D eigenvalue weighted by Gasteiger charge is 2.27. The van der Waals surface area contributed by atoms with Gasteiger partial charge in [0, 0.05) is 11.6 Å². The second kappa shape index (κ2) is 7.24. The summed E-state index contributed by atoms with van der Waals surface area (Å²) in [7, 11) is 4.22. The smallest absolute Gasteiger partial charge is 0.0298 e. The summed E-state index contributed by atoms with van der Waals surface area (Å²) >= 11 is 0. The van der Waals surface area contributed by atoms with Crippen molar-refractivity contribution in [3.05, 3.63) is 0 Å². The third-order valence-electron chi connectivity index (χ3n) is 3.68. The first-order valence-corrected chi connectivity index (χ1v) is 6.36. The lowest BCUT2D eigenvalue weighted by Crippen LogP contribution is -2.52. The normalized spacial score (nSPS) is 14.6. The van der Waals surface area contributed by atoms with Crippen LogP contribution in [0.5, 0.6) is 0 Å². The van der Waals surface area contributed by atoms with Crippen LogP contribution in [0.1, 0.15) is 59.3 Å². The molecule has 0 rings (SSSR count). The molecule has 0 saturated heterocycles. The van der Waals surface area contributed by atoms with Crippen LogP contribution in [0.2, 0.25) is 0 Å². The number of unbranched alkanes of at least 4 members (excludes halogenated alkanes) is 4. The molecule has 0 aliphatic rings. The molecule has 0 radical (unpaired) electrons. The average molecular weight is 214 g/mol. The largest absolute Gasteiger partial charge is 0.326 e. The molecule has 2 heteroatoms. The van der Waals surface area contributed by atoms with Gasteiger partial charge < -0.3 is 10.6 Å². The molecular weight excluding hydrogens is 184 g/mol. The molecule has 0 aromatic heterocycles. The minimum Gasteiger partial charge on any atom is -0.326 e. The van der Waals surface area contributed by atoms with Crippen LogP contribution in [-0.2, 0) is 0 Å². The highest BCUT2D eigenvalue weighted by Crippen LogP contribution is 2.19. The van der Waals surface area contributed by atoms with Gasteiger partial charge in [0.25, 0.3) is 0 Å². The lowest BCUT2D eigenvalue weighted by molar-refractivity contribution is 0.151. The van der Waals surface area contributed by atoms with E-state index in [0.717, 1.165) is 6.42 Å². The highest BCUT2D eigenvalue weighted by atomic mass is 15.2. The van der Waals surface area contributed by atoms with E-state index in [4.69, 9.17) is 5.73 Å². The highest BCUT2D eigenvalue weighted by molar-refractivity contribution is 4.88. The number of nitrogens with zero attached hydrogens (tertiary/aromatic N) is 1. The summed E-state index contributed by atoms with van der Waals surface area (Å²) in [6.45, 7) is 6.70. The molecule has 15 heavy (non-hydrogen) atoms. The fourth-order valence-corrected chi connectivity index (χ4v) is 1.65. The molecular formula is C13H30N2. The van der Waals surface area contributed by atoms with Crippen molar-refractivity contribution in [2.45, 2.75) is 70.9 Å². The summed E-state index contributed by atoms with van der Waals surface area (Å²) in [6, 6.07) is 0.286. The Morgan fingerprint density at radius 3 is 2.07 bits per heavy atom. The van der Waals surface area contributed by atoms with Crippen LogP contribution in [0.15, 0.2) is 0 Å². The van der Waals surface area contributed by atoms with Crippen molar-refractivity contribution < 1.29 is 0 Å². The molecule has 0 heterocycles. The van der Waals surface area contributed by atoms with Crippen molar-refractivity contribution in [1.29, 1.82) is 0 Å². The second-order valence-corrected chi connectivity index (χ2v) is 5.36. The first-order valence-electron chi connectivity index (χ1n) is 6.36. The summed E-state index contributed by atoms with van der Waals surface area (Å²) in [5.74, 6) is 0. The number of nitrogens with two attached hydrogens (primary N) is 1. The van der Waals surface area contributed by atoms with E-state index in [-0.39, 0.29) is 11.6 Å². The predicted octanol–water partition coefficient (Wildman–Crippen LogP) is 3.01. The van der Waals surface area contributed by atoms with E-state index in [1.54, 1.807) is 0 Å². The average Bonchev–Trinajstić information content (AvgIpc) is 2.16. The van der Waals surface area contributed by atoms with E-state index in [0.29, 0.717) is 0 Å². The minimum atomic E-state index is 0.116. The van der Waals surface area contributed by atoms with E-state index in [1.807, 2.05) is 0 Å². The van der Waals surface area contributed by atoms with Crippen LogP contribution < -0.4 is 5.73 Å². The maximum atomic E-state index is 6.23. The monoisotopic (exact) mass is 214 g/mol. The molecule has 0 spiro atoms. The number of hydrogen-bond donors (Lipinski definition) is 1. The molecule has 2 nitrogen and oxygen atoms in total. The Balaban J connectivity index is 3.69. The Morgan fingerprint density at radius 2 is 1.60 bits per heavy atom. The predicted molar refractivity (Wildman–Crippen MR) is 69.1 cm³/mol. The minimum absolute atomic E-state index is 0.116. The van der Waals surface area contributed by atoms with Gasteiger partial charge in [-0.25, -0.2) is 0 Å². The van der Waals surface area contributed by atoms with Crippen LogP contribution in [0.25, 0.3) is 0 Å².